The summed E-state index contributed by atoms with van der Waals surface area (Å²) >= 11 is 0. The number of rotatable bonds is 9. The van der Waals surface area contributed by atoms with Crippen molar-refractivity contribution in [2.75, 3.05) is 5.32 Å². The number of amides is 1. The minimum absolute atomic E-state index is 0.0730. The molecule has 0 fully saturated rings. The highest BCUT2D eigenvalue weighted by atomic mass is 16.2. The van der Waals surface area contributed by atoms with Gasteiger partial charge >= 0.3 is 5.69 Å². The number of hydrogen-bond donors (Lipinski definition) is 2. The number of carbonyl (C=O) groups is 1. The fourth-order valence-electron chi connectivity index (χ4n) is 2.44. The molecule has 122 valence electrons. The van der Waals surface area contributed by atoms with Crippen molar-refractivity contribution in [3.8, 4) is 0 Å². The van der Waals surface area contributed by atoms with E-state index in [1.165, 1.54) is 24.6 Å². The van der Waals surface area contributed by atoms with Crippen molar-refractivity contribution in [3.63, 3.8) is 0 Å². The van der Waals surface area contributed by atoms with E-state index in [1.807, 2.05) is 6.07 Å². The standard InChI is InChI=1S/C18H23N3O2/c22-17(20-16-13-14-19-18(23)21-16)12-8-3-1-2-5-9-15-10-6-4-7-11-15/h4,6-7,10-11,13-14H,1-3,5,8-9,12H2,(H2,19,20,21,22,23). The molecule has 2 aromatic rings. The molecular formula is C18H23N3O2. The number of aromatic nitrogens is 2. The van der Waals surface area contributed by atoms with Crippen LogP contribution in [0.2, 0.25) is 0 Å². The largest absolute Gasteiger partial charge is 0.346 e. The molecule has 2 N–H and O–H groups in total. The van der Waals surface area contributed by atoms with E-state index in [4.69, 9.17) is 0 Å². The first kappa shape index (κ1) is 16.9. The molecule has 0 aliphatic rings. The van der Waals surface area contributed by atoms with Crippen LogP contribution in [-0.2, 0) is 11.2 Å². The first-order chi connectivity index (χ1) is 11.2. The van der Waals surface area contributed by atoms with Gasteiger partial charge in [-0.3, -0.25) is 9.78 Å². The molecule has 1 amide bonds. The second-order valence-electron chi connectivity index (χ2n) is 5.59. The molecule has 0 atom stereocenters. The van der Waals surface area contributed by atoms with Crippen LogP contribution < -0.4 is 11.0 Å². The number of nitrogens with zero attached hydrogens (tertiary/aromatic N) is 1. The highest BCUT2D eigenvalue weighted by Crippen LogP contribution is 2.10. The van der Waals surface area contributed by atoms with E-state index in [0.29, 0.717) is 12.2 Å². The van der Waals surface area contributed by atoms with Crippen LogP contribution in [0, 0.1) is 0 Å². The number of hydrogen-bond acceptors (Lipinski definition) is 3. The van der Waals surface area contributed by atoms with Gasteiger partial charge in [-0.1, -0.05) is 49.6 Å². The third kappa shape index (κ3) is 6.91. The Hall–Kier alpha value is -2.43. The summed E-state index contributed by atoms with van der Waals surface area (Å²) in [4.78, 5) is 28.7. The normalized spacial score (nSPS) is 10.4. The van der Waals surface area contributed by atoms with Gasteiger partial charge in [-0.15, -0.1) is 0 Å². The van der Waals surface area contributed by atoms with E-state index >= 15 is 0 Å². The zero-order valence-electron chi connectivity index (χ0n) is 13.3. The quantitative estimate of drug-likeness (QED) is 0.698. The predicted octanol–water partition coefficient (Wildman–Crippen LogP) is 3.29. The van der Waals surface area contributed by atoms with Gasteiger partial charge in [0.25, 0.3) is 0 Å². The summed E-state index contributed by atoms with van der Waals surface area (Å²) in [7, 11) is 0. The predicted molar refractivity (Wildman–Crippen MR) is 91.3 cm³/mol. The summed E-state index contributed by atoms with van der Waals surface area (Å²) in [5, 5.41) is 2.67. The molecule has 0 bridgehead atoms. The molecule has 1 aromatic carbocycles. The second-order valence-corrected chi connectivity index (χ2v) is 5.59. The van der Waals surface area contributed by atoms with Gasteiger partial charge in [-0.2, -0.15) is 0 Å². The zero-order chi connectivity index (χ0) is 16.3. The Labute approximate surface area is 136 Å². The highest BCUT2D eigenvalue weighted by molar-refractivity contribution is 5.89. The zero-order valence-corrected chi connectivity index (χ0v) is 13.3. The molecule has 23 heavy (non-hydrogen) atoms. The first-order valence-electron chi connectivity index (χ1n) is 8.13. The summed E-state index contributed by atoms with van der Waals surface area (Å²) < 4.78 is 0. The van der Waals surface area contributed by atoms with Crippen LogP contribution in [-0.4, -0.2) is 15.9 Å². The van der Waals surface area contributed by atoms with Crippen LogP contribution in [0.3, 0.4) is 0 Å². The highest BCUT2D eigenvalue weighted by Gasteiger charge is 2.03. The lowest BCUT2D eigenvalue weighted by Crippen LogP contribution is -2.17. The van der Waals surface area contributed by atoms with Gasteiger partial charge in [-0.05, 0) is 30.9 Å². The molecule has 0 saturated heterocycles. The maximum Gasteiger partial charge on any atom is 0.346 e. The van der Waals surface area contributed by atoms with E-state index in [2.05, 4.69) is 39.6 Å². The second kappa shape index (κ2) is 9.56. The smallest absolute Gasteiger partial charge is 0.312 e. The monoisotopic (exact) mass is 313 g/mol. The average molecular weight is 313 g/mol. The summed E-state index contributed by atoms with van der Waals surface area (Å²) in [6, 6.07) is 12.1. The number of benzene rings is 1. The molecular weight excluding hydrogens is 290 g/mol. The number of unbranched alkanes of at least 4 members (excludes halogenated alkanes) is 4. The SMILES string of the molecule is O=C(CCCCCCCc1ccccc1)Nc1ccnc(=O)[nH]1. The van der Waals surface area contributed by atoms with E-state index in [0.717, 1.165) is 25.7 Å². The van der Waals surface area contributed by atoms with Gasteiger partial charge in [0, 0.05) is 12.6 Å². The Morgan fingerprint density at radius 2 is 1.74 bits per heavy atom. The van der Waals surface area contributed by atoms with Crippen LogP contribution in [0.25, 0.3) is 0 Å². The minimum Gasteiger partial charge on any atom is -0.312 e. The first-order valence-corrected chi connectivity index (χ1v) is 8.13. The molecule has 0 aliphatic carbocycles. The molecule has 1 heterocycles. The van der Waals surface area contributed by atoms with Crippen molar-refractivity contribution < 1.29 is 4.79 Å². The van der Waals surface area contributed by atoms with Gasteiger partial charge in [-0.25, -0.2) is 9.78 Å². The Morgan fingerprint density at radius 1 is 1.00 bits per heavy atom. The average Bonchev–Trinajstić information content (AvgIpc) is 2.55. The molecule has 0 aliphatic heterocycles. The van der Waals surface area contributed by atoms with E-state index in [-0.39, 0.29) is 5.91 Å². The van der Waals surface area contributed by atoms with Crippen molar-refractivity contribution >= 4 is 11.7 Å². The lowest BCUT2D eigenvalue weighted by atomic mass is 10.0. The molecule has 1 aromatic heterocycles. The molecule has 2 rings (SSSR count). The summed E-state index contributed by atoms with van der Waals surface area (Å²) in [6.07, 6.45) is 8.41. The maximum absolute atomic E-state index is 11.7. The van der Waals surface area contributed by atoms with Crippen LogP contribution in [0.4, 0.5) is 5.82 Å². The van der Waals surface area contributed by atoms with Gasteiger partial charge < -0.3 is 5.32 Å². The van der Waals surface area contributed by atoms with Crippen molar-refractivity contribution in [3.05, 3.63) is 58.6 Å². The van der Waals surface area contributed by atoms with E-state index in [9.17, 15) is 9.59 Å². The molecule has 0 spiro atoms. The van der Waals surface area contributed by atoms with Crippen LogP contribution in [0.5, 0.6) is 0 Å². The van der Waals surface area contributed by atoms with Gasteiger partial charge in [0.05, 0.1) is 0 Å². The lowest BCUT2D eigenvalue weighted by molar-refractivity contribution is -0.116. The van der Waals surface area contributed by atoms with Crippen molar-refractivity contribution in [2.24, 2.45) is 0 Å². The molecule has 5 heteroatoms. The van der Waals surface area contributed by atoms with Crippen LogP contribution in [0.1, 0.15) is 44.1 Å². The summed E-state index contributed by atoms with van der Waals surface area (Å²) in [5.41, 5.74) is 0.930. The summed E-state index contributed by atoms with van der Waals surface area (Å²) in [6.45, 7) is 0. The molecule has 5 nitrogen and oxygen atoms in total. The number of aromatic amines is 1. The molecule has 0 unspecified atom stereocenters. The summed E-state index contributed by atoms with van der Waals surface area (Å²) in [5.74, 6) is 0.328. The fraction of sp³-hybridized carbons (Fsp3) is 0.389. The minimum atomic E-state index is -0.457. The number of aryl methyl sites for hydroxylation is 1. The molecule has 0 radical (unpaired) electrons. The lowest BCUT2D eigenvalue weighted by Gasteiger charge is -2.05. The topological polar surface area (TPSA) is 74.8 Å². The van der Waals surface area contributed by atoms with Gasteiger partial charge in [0.2, 0.25) is 5.91 Å². The van der Waals surface area contributed by atoms with Crippen molar-refractivity contribution in [2.45, 2.75) is 44.9 Å². The van der Waals surface area contributed by atoms with Crippen LogP contribution in [0.15, 0.2) is 47.4 Å². The molecule has 0 saturated carbocycles. The van der Waals surface area contributed by atoms with Crippen molar-refractivity contribution in [1.29, 1.82) is 0 Å². The van der Waals surface area contributed by atoms with Crippen LogP contribution >= 0.6 is 0 Å². The Kier molecular flexibility index (Phi) is 7.04. The number of anilines is 1. The Balaban J connectivity index is 1.52. The number of carbonyl (C=O) groups excluding carboxylic acids is 1. The Morgan fingerprint density at radius 3 is 2.52 bits per heavy atom. The van der Waals surface area contributed by atoms with E-state index < -0.39 is 5.69 Å². The number of nitrogens with one attached hydrogen (secondary N) is 2. The van der Waals surface area contributed by atoms with Crippen molar-refractivity contribution in [1.82, 2.24) is 9.97 Å². The van der Waals surface area contributed by atoms with Gasteiger partial charge in [0.1, 0.15) is 5.82 Å². The Bertz CT molecular complexity index is 653. The van der Waals surface area contributed by atoms with E-state index in [1.54, 1.807) is 6.07 Å². The maximum atomic E-state index is 11.7. The fourth-order valence-corrected chi connectivity index (χ4v) is 2.44. The third-order valence-electron chi connectivity index (χ3n) is 3.66. The number of H-pyrrole nitrogens is 1. The third-order valence-corrected chi connectivity index (χ3v) is 3.66. The van der Waals surface area contributed by atoms with Gasteiger partial charge in [0.15, 0.2) is 0 Å².